The number of carbonyl (C=O) groups excluding carboxylic acids is 1. The zero-order chi connectivity index (χ0) is 11.5. The molecular formula is C11H22O4. The molecule has 0 N–H and O–H groups in total. The van der Waals surface area contributed by atoms with Gasteiger partial charge in [0.1, 0.15) is 0 Å². The summed E-state index contributed by atoms with van der Waals surface area (Å²) in [6.07, 6.45) is 3.65. The molecule has 0 atom stereocenters. The molecule has 0 saturated heterocycles. The van der Waals surface area contributed by atoms with Crippen molar-refractivity contribution in [3.63, 3.8) is 0 Å². The number of hydrogen-bond acceptors (Lipinski definition) is 4. The standard InChI is InChI=1S/C11H22O4/c1-4-5-9-15-10(12)7-6-8-11(13-2)14-3/h11H,4-9H2,1-3H3. The summed E-state index contributed by atoms with van der Waals surface area (Å²) >= 11 is 0. The van der Waals surface area contributed by atoms with Gasteiger partial charge in [0.05, 0.1) is 6.61 Å². The Morgan fingerprint density at radius 3 is 2.40 bits per heavy atom. The van der Waals surface area contributed by atoms with Gasteiger partial charge in [-0.2, -0.15) is 0 Å². The lowest BCUT2D eigenvalue weighted by Gasteiger charge is -2.12. The highest BCUT2D eigenvalue weighted by molar-refractivity contribution is 5.69. The maximum atomic E-state index is 11.2. The Kier molecular flexibility index (Phi) is 9.52. The summed E-state index contributed by atoms with van der Waals surface area (Å²) in [5.41, 5.74) is 0. The van der Waals surface area contributed by atoms with Crippen molar-refractivity contribution in [1.82, 2.24) is 0 Å². The molecule has 0 rings (SSSR count). The lowest BCUT2D eigenvalue weighted by atomic mass is 10.2. The van der Waals surface area contributed by atoms with E-state index in [9.17, 15) is 4.79 Å². The molecule has 90 valence electrons. The summed E-state index contributed by atoms with van der Waals surface area (Å²) in [4.78, 5) is 11.2. The van der Waals surface area contributed by atoms with Crippen LogP contribution in [0.15, 0.2) is 0 Å². The molecule has 0 aromatic carbocycles. The highest BCUT2D eigenvalue weighted by Gasteiger charge is 2.07. The highest BCUT2D eigenvalue weighted by atomic mass is 16.7. The van der Waals surface area contributed by atoms with Crippen LogP contribution >= 0.6 is 0 Å². The Morgan fingerprint density at radius 2 is 1.87 bits per heavy atom. The molecule has 0 amide bonds. The second-order valence-corrected chi connectivity index (χ2v) is 3.37. The van der Waals surface area contributed by atoms with Gasteiger partial charge in [-0.15, -0.1) is 0 Å². The minimum absolute atomic E-state index is 0.130. The van der Waals surface area contributed by atoms with Crippen LogP contribution in [0.2, 0.25) is 0 Å². The van der Waals surface area contributed by atoms with E-state index in [1.165, 1.54) is 0 Å². The largest absolute Gasteiger partial charge is 0.466 e. The molecule has 15 heavy (non-hydrogen) atoms. The number of unbranched alkanes of at least 4 members (excludes halogenated alkanes) is 1. The molecule has 4 nitrogen and oxygen atoms in total. The van der Waals surface area contributed by atoms with Crippen LogP contribution in [-0.4, -0.2) is 33.1 Å². The third-order valence-corrected chi connectivity index (χ3v) is 2.11. The first kappa shape index (κ1) is 14.4. The fraction of sp³-hybridized carbons (Fsp3) is 0.909. The van der Waals surface area contributed by atoms with Crippen LogP contribution in [0.5, 0.6) is 0 Å². The lowest BCUT2D eigenvalue weighted by molar-refractivity contribution is -0.144. The average Bonchev–Trinajstić information content (AvgIpc) is 2.25. The van der Waals surface area contributed by atoms with E-state index in [0.717, 1.165) is 25.7 Å². The van der Waals surface area contributed by atoms with Gasteiger partial charge < -0.3 is 14.2 Å². The van der Waals surface area contributed by atoms with E-state index in [1.54, 1.807) is 14.2 Å². The molecule has 0 aromatic heterocycles. The summed E-state index contributed by atoms with van der Waals surface area (Å²) in [7, 11) is 3.18. The first-order valence-corrected chi connectivity index (χ1v) is 5.45. The van der Waals surface area contributed by atoms with Crippen LogP contribution in [0.25, 0.3) is 0 Å². The maximum Gasteiger partial charge on any atom is 0.305 e. The second kappa shape index (κ2) is 9.93. The Hall–Kier alpha value is -0.610. The van der Waals surface area contributed by atoms with Crippen molar-refractivity contribution in [3.05, 3.63) is 0 Å². The zero-order valence-electron chi connectivity index (χ0n) is 9.95. The van der Waals surface area contributed by atoms with E-state index in [4.69, 9.17) is 14.2 Å². The first-order chi connectivity index (χ1) is 7.24. The van der Waals surface area contributed by atoms with Crippen molar-refractivity contribution in [2.45, 2.75) is 45.3 Å². The first-order valence-electron chi connectivity index (χ1n) is 5.45. The molecule has 0 bridgehead atoms. The van der Waals surface area contributed by atoms with Gasteiger partial charge in [-0.05, 0) is 19.3 Å². The molecule has 0 aliphatic rings. The molecule has 0 unspecified atom stereocenters. The molecule has 0 aliphatic carbocycles. The van der Waals surface area contributed by atoms with Crippen molar-refractivity contribution in [2.75, 3.05) is 20.8 Å². The number of carbonyl (C=O) groups is 1. The van der Waals surface area contributed by atoms with Crippen molar-refractivity contribution in [1.29, 1.82) is 0 Å². The van der Waals surface area contributed by atoms with E-state index >= 15 is 0 Å². The monoisotopic (exact) mass is 218 g/mol. The van der Waals surface area contributed by atoms with Gasteiger partial charge in [-0.1, -0.05) is 13.3 Å². The molecule has 0 heterocycles. The summed E-state index contributed by atoms with van der Waals surface area (Å²) in [5, 5.41) is 0. The molecule has 0 aliphatic heterocycles. The molecule has 0 aromatic rings. The SMILES string of the molecule is CCCCOC(=O)CCCC(OC)OC. The van der Waals surface area contributed by atoms with Crippen LogP contribution in [-0.2, 0) is 19.0 Å². The minimum Gasteiger partial charge on any atom is -0.466 e. The summed E-state index contributed by atoms with van der Waals surface area (Å²) in [5.74, 6) is -0.130. The second-order valence-electron chi connectivity index (χ2n) is 3.37. The lowest BCUT2D eigenvalue weighted by Crippen LogP contribution is -2.14. The molecular weight excluding hydrogens is 196 g/mol. The van der Waals surface area contributed by atoms with E-state index in [1.807, 2.05) is 0 Å². The molecule has 0 spiro atoms. The van der Waals surface area contributed by atoms with Crippen molar-refractivity contribution in [2.24, 2.45) is 0 Å². The quantitative estimate of drug-likeness (QED) is 0.338. The van der Waals surface area contributed by atoms with Crippen molar-refractivity contribution < 1.29 is 19.0 Å². The third kappa shape index (κ3) is 8.39. The van der Waals surface area contributed by atoms with Gasteiger partial charge in [0.25, 0.3) is 0 Å². The fourth-order valence-corrected chi connectivity index (χ4v) is 1.15. The van der Waals surface area contributed by atoms with Crippen LogP contribution in [0.4, 0.5) is 0 Å². The summed E-state index contributed by atoms with van der Waals surface area (Å²) in [6.45, 7) is 2.60. The van der Waals surface area contributed by atoms with Crippen molar-refractivity contribution >= 4 is 5.97 Å². The van der Waals surface area contributed by atoms with Gasteiger partial charge >= 0.3 is 5.97 Å². The topological polar surface area (TPSA) is 44.8 Å². The number of esters is 1. The third-order valence-electron chi connectivity index (χ3n) is 2.11. The Morgan fingerprint density at radius 1 is 1.20 bits per heavy atom. The highest BCUT2D eigenvalue weighted by Crippen LogP contribution is 2.05. The van der Waals surface area contributed by atoms with Crippen LogP contribution in [0, 0.1) is 0 Å². The van der Waals surface area contributed by atoms with Gasteiger partial charge in [0, 0.05) is 20.6 Å². The number of rotatable bonds is 9. The van der Waals surface area contributed by atoms with Crippen molar-refractivity contribution in [3.8, 4) is 0 Å². The van der Waals surface area contributed by atoms with Gasteiger partial charge in [0.2, 0.25) is 0 Å². The maximum absolute atomic E-state index is 11.2. The fourth-order valence-electron chi connectivity index (χ4n) is 1.15. The van der Waals surface area contributed by atoms with Crippen LogP contribution < -0.4 is 0 Å². The molecule has 0 fully saturated rings. The number of ether oxygens (including phenoxy) is 3. The van der Waals surface area contributed by atoms with E-state index in [2.05, 4.69) is 6.92 Å². The zero-order valence-corrected chi connectivity index (χ0v) is 9.95. The van der Waals surface area contributed by atoms with Gasteiger partial charge in [-0.25, -0.2) is 0 Å². The number of hydrogen-bond donors (Lipinski definition) is 0. The Labute approximate surface area is 91.9 Å². The predicted octanol–water partition coefficient (Wildman–Crippen LogP) is 2.12. The van der Waals surface area contributed by atoms with E-state index in [-0.39, 0.29) is 12.3 Å². The van der Waals surface area contributed by atoms with Gasteiger partial charge in [-0.3, -0.25) is 4.79 Å². The molecule has 4 heteroatoms. The Balaban J connectivity index is 3.37. The van der Waals surface area contributed by atoms with Crippen LogP contribution in [0.1, 0.15) is 39.0 Å². The average molecular weight is 218 g/mol. The molecule has 0 radical (unpaired) electrons. The van der Waals surface area contributed by atoms with E-state index < -0.39 is 0 Å². The summed E-state index contributed by atoms with van der Waals surface area (Å²) < 4.78 is 15.0. The van der Waals surface area contributed by atoms with Crippen LogP contribution in [0.3, 0.4) is 0 Å². The molecule has 0 saturated carbocycles. The predicted molar refractivity (Wildman–Crippen MR) is 57.5 cm³/mol. The number of methoxy groups -OCH3 is 2. The Bertz CT molecular complexity index is 155. The van der Waals surface area contributed by atoms with E-state index in [0.29, 0.717) is 13.0 Å². The minimum atomic E-state index is -0.214. The smallest absolute Gasteiger partial charge is 0.305 e. The van der Waals surface area contributed by atoms with Gasteiger partial charge in [0.15, 0.2) is 6.29 Å². The summed E-state index contributed by atoms with van der Waals surface area (Å²) in [6, 6.07) is 0. The normalized spacial score (nSPS) is 10.7.